The fourth-order valence-electron chi connectivity index (χ4n) is 4.35. The molecule has 3 aliphatic heterocycles. The SMILES string of the molecule is CC1OC(C(=O)[O-])[C@H](O[C@@H]2OC(COS(=O)(=O)[O-])C[C@@H](O)C2NS(=O)(=O)[O-])[C@@H](O)C1OS(=O)(=O)[O-].O.O=C([O-])C1=C[C@@H](O)C(OS(=O)(=O)[O-])CO1.[Na+].[Na+].[Na+].[Na+].[Na+].[Na+]. The molecule has 3 heterocycles. The van der Waals surface area contributed by atoms with Gasteiger partial charge in [-0.1, -0.05) is 0 Å². The first-order chi connectivity index (χ1) is 22.6. The zero-order valence-electron chi connectivity index (χ0n) is 30.9. The minimum absolute atomic E-state index is 0. The van der Waals surface area contributed by atoms with Gasteiger partial charge in [0.2, 0.25) is 31.2 Å². The first-order valence-corrected chi connectivity index (χ1v) is 18.4. The van der Waals surface area contributed by atoms with Crippen LogP contribution in [-0.2, 0) is 82.6 Å². The molecule has 6 unspecified atom stereocenters. The average Bonchev–Trinajstić information content (AvgIpc) is 2.92. The Kier molecular flexibility index (Phi) is 39.1. The molecule has 3 rings (SSSR count). The van der Waals surface area contributed by atoms with E-state index < -0.39 is 146 Å². The zero-order chi connectivity index (χ0) is 38.6. The number of hydrogen-bond acceptors (Lipinski definition) is 26. The number of hydrogen-bond donors (Lipinski definition) is 4. The molecule has 11 atom stereocenters. The molecular formula is C19H27NNa6O27S4. The van der Waals surface area contributed by atoms with E-state index >= 15 is 0 Å². The van der Waals surface area contributed by atoms with Gasteiger partial charge in [-0.15, -0.1) is 0 Å². The van der Waals surface area contributed by atoms with E-state index in [2.05, 4.69) is 17.3 Å². The Morgan fingerprint density at radius 1 is 0.825 bits per heavy atom. The molecule has 0 bridgehead atoms. The molecule has 57 heavy (non-hydrogen) atoms. The maximum absolute atomic E-state index is 11.5. The van der Waals surface area contributed by atoms with Crippen molar-refractivity contribution in [3.8, 4) is 0 Å². The van der Waals surface area contributed by atoms with Crippen molar-refractivity contribution >= 4 is 53.4 Å². The molecule has 28 nitrogen and oxygen atoms in total. The maximum Gasteiger partial charge on any atom is 1.00 e. The fraction of sp³-hybridized carbons (Fsp3) is 0.789. The van der Waals surface area contributed by atoms with Crippen LogP contribution in [0, 0.1) is 0 Å². The molecule has 0 spiro atoms. The summed E-state index contributed by atoms with van der Waals surface area (Å²) in [6, 6.07) is -2.01. The van der Waals surface area contributed by atoms with Crippen LogP contribution in [0.15, 0.2) is 11.8 Å². The molecule has 0 aromatic carbocycles. The number of ether oxygens (including phenoxy) is 4. The first-order valence-electron chi connectivity index (χ1n) is 13.0. The van der Waals surface area contributed by atoms with Gasteiger partial charge in [-0.3, -0.25) is 12.5 Å². The normalized spacial score (nSPS) is 29.8. The molecule has 38 heteroatoms. The van der Waals surface area contributed by atoms with E-state index in [4.69, 9.17) is 14.2 Å². The van der Waals surface area contributed by atoms with Crippen molar-refractivity contribution < 1.29 is 301 Å². The molecule has 0 aromatic heterocycles. The van der Waals surface area contributed by atoms with Gasteiger partial charge >= 0.3 is 177 Å². The Morgan fingerprint density at radius 2 is 1.33 bits per heavy atom. The summed E-state index contributed by atoms with van der Waals surface area (Å²) in [5.41, 5.74) is 0. The molecule has 2 saturated heterocycles. The van der Waals surface area contributed by atoms with Gasteiger partial charge in [0.15, 0.2) is 16.6 Å². The van der Waals surface area contributed by atoms with E-state index in [-0.39, 0.29) is 183 Å². The Balaban J connectivity index is -0.000000254. The summed E-state index contributed by atoms with van der Waals surface area (Å²) in [5, 5.41) is 51.7. The van der Waals surface area contributed by atoms with E-state index in [1.54, 1.807) is 0 Å². The van der Waals surface area contributed by atoms with Crippen LogP contribution in [0.25, 0.3) is 0 Å². The summed E-state index contributed by atoms with van der Waals surface area (Å²) < 4.78 is 162. The predicted octanol–water partition coefficient (Wildman–Crippen LogP) is -28.5. The second kappa shape index (κ2) is 30.8. The zero-order valence-corrected chi connectivity index (χ0v) is 46.2. The Hall–Kier alpha value is 3.68. The van der Waals surface area contributed by atoms with E-state index in [1.165, 1.54) is 4.72 Å². The van der Waals surface area contributed by atoms with E-state index in [1.807, 2.05) is 0 Å². The number of aliphatic hydroxyl groups excluding tert-OH is 3. The topological polar surface area (TPSA) is 478 Å². The van der Waals surface area contributed by atoms with Crippen molar-refractivity contribution in [2.45, 2.75) is 80.6 Å². The van der Waals surface area contributed by atoms with Crippen molar-refractivity contribution in [3.05, 3.63) is 11.8 Å². The number of carbonyl (C=O) groups excluding carboxylic acids is 2. The first kappa shape index (κ1) is 72.3. The van der Waals surface area contributed by atoms with Gasteiger partial charge in [0.05, 0.1) is 36.9 Å². The van der Waals surface area contributed by atoms with Gasteiger partial charge in [-0.25, -0.2) is 38.4 Å². The Labute approximate surface area is 457 Å². The quantitative estimate of drug-likeness (QED) is 0.0756. The molecule has 6 N–H and O–H groups in total. The number of carbonyl (C=O) groups is 2. The summed E-state index contributed by atoms with van der Waals surface area (Å²) in [6.07, 6.45) is -18.9. The number of nitrogens with one attached hydrogen (secondary N) is 1. The van der Waals surface area contributed by atoms with Crippen LogP contribution in [0.1, 0.15) is 13.3 Å². The fourth-order valence-corrected chi connectivity index (χ4v) is 6.29. The molecule has 0 amide bonds. The van der Waals surface area contributed by atoms with Crippen LogP contribution < -0.4 is 192 Å². The Morgan fingerprint density at radius 3 is 1.74 bits per heavy atom. The van der Waals surface area contributed by atoms with Gasteiger partial charge in [0.1, 0.15) is 55.0 Å². The monoisotopic (exact) mass is 967 g/mol. The van der Waals surface area contributed by atoms with Crippen molar-refractivity contribution in [2.24, 2.45) is 0 Å². The molecule has 3 aliphatic rings. The molecule has 0 radical (unpaired) electrons. The molecular weight excluding hydrogens is 940 g/mol. The van der Waals surface area contributed by atoms with E-state index in [0.717, 1.165) is 6.92 Å². The third-order valence-corrected chi connectivity index (χ3v) is 8.24. The second-order valence-corrected chi connectivity index (χ2v) is 14.2. The summed E-state index contributed by atoms with van der Waals surface area (Å²) in [5.74, 6) is -4.33. The maximum atomic E-state index is 11.5. The van der Waals surface area contributed by atoms with Crippen LogP contribution in [0.5, 0.6) is 0 Å². The van der Waals surface area contributed by atoms with Crippen molar-refractivity contribution in [3.63, 3.8) is 0 Å². The average molecular weight is 968 g/mol. The van der Waals surface area contributed by atoms with E-state index in [0.29, 0.717) is 6.08 Å². The molecule has 2 fully saturated rings. The summed E-state index contributed by atoms with van der Waals surface area (Å²) in [4.78, 5) is 21.8. The van der Waals surface area contributed by atoms with Crippen LogP contribution in [-0.4, -0.2) is 165 Å². The smallest absolute Gasteiger partial charge is 0.735 e. The van der Waals surface area contributed by atoms with Crippen LogP contribution in [0.2, 0.25) is 0 Å². The van der Waals surface area contributed by atoms with Gasteiger partial charge in [0, 0.05) is 6.42 Å². The molecule has 0 aromatic rings. The second-order valence-electron chi connectivity index (χ2n) is 10.0. The minimum atomic E-state index is -5.47. The minimum Gasteiger partial charge on any atom is -0.735 e. The summed E-state index contributed by atoms with van der Waals surface area (Å²) in [6.45, 7) is -0.579. The molecule has 0 saturated carbocycles. The number of carboxylic acid groups (broad SMARTS) is 2. The van der Waals surface area contributed by atoms with Gasteiger partial charge in [-0.05, 0) is 13.0 Å². The largest absolute Gasteiger partial charge is 1.00 e. The summed E-state index contributed by atoms with van der Waals surface area (Å²) >= 11 is 0. The number of aliphatic carboxylic acids is 2. The molecule has 0 aliphatic carbocycles. The van der Waals surface area contributed by atoms with Gasteiger partial charge in [-0.2, -0.15) is 0 Å². The predicted molar refractivity (Wildman–Crippen MR) is 140 cm³/mol. The Bertz CT molecular complexity index is 1710. The third kappa shape index (κ3) is 27.0. The van der Waals surface area contributed by atoms with Gasteiger partial charge in [0.25, 0.3) is 0 Å². The van der Waals surface area contributed by atoms with Crippen LogP contribution in [0.3, 0.4) is 0 Å². The number of carboxylic acids is 2. The van der Waals surface area contributed by atoms with Crippen molar-refractivity contribution in [2.75, 3.05) is 13.2 Å². The molecule has 300 valence electrons. The van der Waals surface area contributed by atoms with Crippen molar-refractivity contribution in [1.82, 2.24) is 4.72 Å². The number of rotatable bonds is 13. The third-order valence-electron chi connectivity index (χ3n) is 6.31. The standard InChI is InChI=1S/C13H23NO18S3.C6H8O8S.6Na.H2O/c1-4-9(32-35(25,26)27)8(16)10(11(29-4)12(17)18)31-13-7(14-33(19,20)21)6(15)2-5(30-13)3-28-34(22,23)24;7-3-1-4(6(8)9)13-2-5(3)14-15(10,11)12;;;;;;;/h4-11,13-16H,2-3H2,1H3,(H,17,18)(H,19,20,21)(H,22,23,24)(H,25,26,27);1,3,5,7H,2H2,(H,8,9)(H,10,11,12);;;;;;;1H2/q;;6*+1;/p-6/t4?,5?,6-,7?,8+,9?,10-,11?,13+;3-,5?;;;;;;;/m11......./s1. The number of aliphatic hydroxyl groups is 3. The summed E-state index contributed by atoms with van der Waals surface area (Å²) in [7, 11) is -21.0. The van der Waals surface area contributed by atoms with E-state index in [9.17, 15) is 87.0 Å². The van der Waals surface area contributed by atoms with Gasteiger partial charge < -0.3 is 77.8 Å². The van der Waals surface area contributed by atoms with Crippen LogP contribution in [0.4, 0.5) is 0 Å². The van der Waals surface area contributed by atoms with Crippen molar-refractivity contribution in [1.29, 1.82) is 0 Å². The van der Waals surface area contributed by atoms with Crippen LogP contribution >= 0.6 is 0 Å².